The van der Waals surface area contributed by atoms with Crippen molar-refractivity contribution in [3.8, 4) is 0 Å². The molecule has 0 unspecified atom stereocenters. The Labute approximate surface area is 141 Å². The smallest absolute Gasteiger partial charge is 0.0877 e. The summed E-state index contributed by atoms with van der Waals surface area (Å²) in [5.74, 6) is 5.10. The summed E-state index contributed by atoms with van der Waals surface area (Å²) in [6.45, 7) is 1.16. The Balaban J connectivity index is 1.95. The number of hydrogen-bond donors (Lipinski definition) is 2. The zero-order chi connectivity index (χ0) is 17.0. The third-order valence-electron chi connectivity index (χ3n) is 3.65. The summed E-state index contributed by atoms with van der Waals surface area (Å²) in [5, 5.41) is 14.3. The highest BCUT2D eigenvalue weighted by atomic mass is 15.3. The number of nitrogens with zero attached hydrogens (tertiary/aromatic N) is 5. The summed E-state index contributed by atoms with van der Waals surface area (Å²) in [6, 6.07) is 17.9. The first kappa shape index (κ1) is 17.5. The second-order valence-electron chi connectivity index (χ2n) is 5.32. The lowest BCUT2D eigenvalue weighted by Crippen LogP contribution is -2.25. The molecule has 0 bridgehead atoms. The molecule has 0 saturated carbocycles. The lowest BCUT2D eigenvalue weighted by molar-refractivity contribution is 0.530. The van der Waals surface area contributed by atoms with Gasteiger partial charge in [0.1, 0.15) is 0 Å². The van der Waals surface area contributed by atoms with Gasteiger partial charge >= 0.3 is 0 Å². The topological polar surface area (TPSA) is 112 Å². The molecule has 24 heavy (non-hydrogen) atoms. The number of rotatable bonds is 9. The van der Waals surface area contributed by atoms with Crippen molar-refractivity contribution in [3.63, 3.8) is 0 Å². The second kappa shape index (κ2) is 9.99. The molecule has 0 aliphatic heterocycles. The van der Waals surface area contributed by atoms with E-state index in [-0.39, 0.29) is 6.04 Å². The lowest BCUT2D eigenvalue weighted by Gasteiger charge is -2.17. The molecule has 0 fully saturated rings. The van der Waals surface area contributed by atoms with Crippen molar-refractivity contribution < 1.29 is 0 Å². The van der Waals surface area contributed by atoms with Crippen LogP contribution in [0, 0.1) is 0 Å². The van der Waals surface area contributed by atoms with Crippen molar-refractivity contribution in [1.29, 1.82) is 0 Å². The van der Waals surface area contributed by atoms with E-state index < -0.39 is 0 Å². The Hall–Kier alpha value is -2.89. The molecule has 1 atom stereocenters. The molecule has 0 aliphatic rings. The predicted molar refractivity (Wildman–Crippen MR) is 94.7 cm³/mol. The van der Waals surface area contributed by atoms with Crippen LogP contribution < -0.4 is 11.2 Å². The van der Waals surface area contributed by atoms with Crippen LogP contribution in [0.2, 0.25) is 0 Å². The molecule has 0 saturated heterocycles. The highest BCUT2D eigenvalue weighted by Crippen LogP contribution is 2.20. The van der Waals surface area contributed by atoms with E-state index in [1.807, 2.05) is 42.5 Å². The first-order chi connectivity index (χ1) is 11.8. The molecule has 0 spiro atoms. The van der Waals surface area contributed by atoms with Crippen molar-refractivity contribution in [2.75, 3.05) is 13.1 Å². The number of hydrogen-bond acceptors (Lipinski definition) is 4. The van der Waals surface area contributed by atoms with Crippen molar-refractivity contribution in [2.45, 2.75) is 18.9 Å². The van der Waals surface area contributed by atoms with Gasteiger partial charge in [0, 0.05) is 17.5 Å². The molecule has 2 rings (SSSR count). The van der Waals surface area contributed by atoms with Crippen LogP contribution in [0.1, 0.15) is 23.6 Å². The fourth-order valence-corrected chi connectivity index (χ4v) is 2.49. The van der Waals surface area contributed by atoms with E-state index in [4.69, 9.17) is 11.4 Å². The van der Waals surface area contributed by atoms with Crippen LogP contribution in [0.5, 0.6) is 0 Å². The normalized spacial score (nSPS) is 12.0. The van der Waals surface area contributed by atoms with Gasteiger partial charge < -0.3 is 11.2 Å². The summed E-state index contributed by atoms with van der Waals surface area (Å²) >= 11 is 0. The van der Waals surface area contributed by atoms with E-state index in [1.165, 1.54) is 5.56 Å². The van der Waals surface area contributed by atoms with Crippen molar-refractivity contribution >= 4 is 5.69 Å². The molecular formula is C17H21N7. The van der Waals surface area contributed by atoms with E-state index in [1.54, 1.807) is 0 Å². The van der Waals surface area contributed by atoms with Gasteiger partial charge in [-0.3, -0.25) is 0 Å². The molecule has 0 aliphatic carbocycles. The minimum atomic E-state index is -0.0652. The highest BCUT2D eigenvalue weighted by molar-refractivity contribution is 5.40. The van der Waals surface area contributed by atoms with Crippen LogP contribution in [-0.2, 0) is 6.42 Å². The number of nitrogens with two attached hydrogens (primary N) is 1. The largest absolute Gasteiger partial charge is 0.310 e. The molecule has 0 aromatic heterocycles. The van der Waals surface area contributed by atoms with Gasteiger partial charge in [0.05, 0.1) is 5.69 Å². The molecule has 2 aromatic carbocycles. The van der Waals surface area contributed by atoms with Gasteiger partial charge in [0.15, 0.2) is 0 Å². The third kappa shape index (κ3) is 5.72. The zero-order valence-corrected chi connectivity index (χ0v) is 13.4. The van der Waals surface area contributed by atoms with Crippen LogP contribution in [0.3, 0.4) is 0 Å². The molecule has 0 amide bonds. The second-order valence-corrected chi connectivity index (χ2v) is 5.32. The molecule has 7 nitrogen and oxygen atoms in total. The maximum atomic E-state index is 8.60. The highest BCUT2D eigenvalue weighted by Gasteiger charge is 2.10. The Morgan fingerprint density at radius 1 is 1.12 bits per heavy atom. The van der Waals surface area contributed by atoms with Gasteiger partial charge in [-0.15, -0.1) is 5.11 Å². The van der Waals surface area contributed by atoms with E-state index in [0.717, 1.165) is 24.9 Å². The van der Waals surface area contributed by atoms with Crippen molar-refractivity contribution in [1.82, 2.24) is 5.32 Å². The summed E-state index contributed by atoms with van der Waals surface area (Å²) in [7, 11) is 0. The van der Waals surface area contributed by atoms with E-state index in [9.17, 15) is 0 Å². The van der Waals surface area contributed by atoms with Crippen LogP contribution >= 0.6 is 0 Å². The quantitative estimate of drug-likeness (QED) is 0.180. The van der Waals surface area contributed by atoms with Gasteiger partial charge in [-0.1, -0.05) is 52.8 Å². The molecule has 3 N–H and O–H groups in total. The Morgan fingerprint density at radius 3 is 2.71 bits per heavy atom. The summed E-state index contributed by atoms with van der Waals surface area (Å²) in [4.78, 5) is 2.86. The monoisotopic (exact) mass is 323 g/mol. The minimum Gasteiger partial charge on any atom is -0.310 e. The van der Waals surface area contributed by atoms with Crippen molar-refractivity contribution in [3.05, 3.63) is 76.2 Å². The fraction of sp³-hybridized carbons (Fsp3) is 0.294. The molecular weight excluding hydrogens is 302 g/mol. The number of aryl methyl sites for hydroxylation is 1. The van der Waals surface area contributed by atoms with Gasteiger partial charge in [-0.05, 0) is 48.2 Å². The fourth-order valence-electron chi connectivity index (χ4n) is 2.49. The maximum Gasteiger partial charge on any atom is 0.0877 e. The van der Waals surface area contributed by atoms with Crippen LogP contribution in [0.4, 0.5) is 5.69 Å². The summed E-state index contributed by atoms with van der Waals surface area (Å²) in [6.07, 6.45) is 2.00. The Bertz CT molecular complexity index is 693. The van der Waals surface area contributed by atoms with Crippen molar-refractivity contribution in [2.24, 2.45) is 21.3 Å². The van der Waals surface area contributed by atoms with Crippen LogP contribution in [0.25, 0.3) is 10.4 Å². The standard InChI is InChI=1S/C17H21N7/c18-23-21-13-17(15-9-4-10-16(12-15)22-24-19)20-11-5-8-14-6-2-1-3-7-14/h1-4,6-7,9-10,12,17,20H,5,8,11,13H2,(H2,19,22)/t17-/m0/s1. The summed E-state index contributed by atoms with van der Waals surface area (Å²) < 4.78 is 0. The Morgan fingerprint density at radius 2 is 1.96 bits per heavy atom. The maximum absolute atomic E-state index is 8.60. The van der Waals surface area contributed by atoms with Crippen LogP contribution in [-0.4, -0.2) is 13.1 Å². The van der Waals surface area contributed by atoms with Gasteiger partial charge in [0.2, 0.25) is 0 Å². The average Bonchev–Trinajstić information content (AvgIpc) is 2.62. The number of nitrogens with one attached hydrogen (secondary N) is 1. The van der Waals surface area contributed by atoms with E-state index >= 15 is 0 Å². The predicted octanol–water partition coefficient (Wildman–Crippen LogP) is 4.22. The van der Waals surface area contributed by atoms with Gasteiger partial charge in [-0.25, -0.2) is 0 Å². The Kier molecular flexibility index (Phi) is 7.27. The zero-order valence-electron chi connectivity index (χ0n) is 13.4. The number of benzene rings is 2. The first-order valence-corrected chi connectivity index (χ1v) is 7.82. The molecule has 7 heteroatoms. The van der Waals surface area contributed by atoms with E-state index in [0.29, 0.717) is 12.2 Å². The number of azide groups is 1. The van der Waals surface area contributed by atoms with Crippen LogP contribution in [0.15, 0.2) is 70.0 Å². The molecule has 0 heterocycles. The third-order valence-corrected chi connectivity index (χ3v) is 3.65. The summed E-state index contributed by atoms with van der Waals surface area (Å²) in [5.41, 5.74) is 11.6. The van der Waals surface area contributed by atoms with Gasteiger partial charge in [-0.2, -0.15) is 0 Å². The minimum absolute atomic E-state index is 0.0652. The first-order valence-electron chi connectivity index (χ1n) is 7.82. The average molecular weight is 323 g/mol. The molecule has 124 valence electrons. The van der Waals surface area contributed by atoms with E-state index in [2.05, 4.69) is 37.8 Å². The molecule has 2 aromatic rings. The SMILES string of the molecule is [N-]=[N+]=NC[C@H](NCCCc1ccccc1)c1cccc(N=NN)c1. The molecule has 0 radical (unpaired) electrons. The van der Waals surface area contributed by atoms with Gasteiger partial charge in [0.25, 0.3) is 0 Å². The lowest BCUT2D eigenvalue weighted by atomic mass is 10.1.